The van der Waals surface area contributed by atoms with Crippen molar-refractivity contribution in [2.24, 2.45) is 5.10 Å². The Kier molecular flexibility index (Phi) is 4.44. The Hall–Kier alpha value is -2.69. The molecule has 0 saturated carbocycles. The number of aliphatic carboxylic acids is 1. The molecule has 0 heterocycles. The summed E-state index contributed by atoms with van der Waals surface area (Å²) in [5, 5.41) is 13.0. The molecule has 2 N–H and O–H groups in total. The first kappa shape index (κ1) is 13.7. The third-order valence-corrected chi connectivity index (χ3v) is 2.63. The van der Waals surface area contributed by atoms with Crippen LogP contribution < -0.4 is 5.43 Å². The molecule has 0 aromatic heterocycles. The maximum absolute atomic E-state index is 12.7. The SMILES string of the molecule is O=C(O)/C(Cc1ccccc1)=N/Nc1ccc(F)cc1. The van der Waals surface area contributed by atoms with Gasteiger partial charge in [0.15, 0.2) is 0 Å². The Morgan fingerprint density at radius 3 is 2.35 bits per heavy atom. The number of hydrogen-bond donors (Lipinski definition) is 2. The standard InChI is InChI=1S/C15H13FN2O2/c16-12-6-8-13(9-7-12)17-18-14(15(19)20)10-11-4-2-1-3-5-11/h1-9,17H,10H2,(H,19,20)/b18-14+. The van der Waals surface area contributed by atoms with E-state index in [9.17, 15) is 9.18 Å². The first-order chi connectivity index (χ1) is 9.65. The smallest absolute Gasteiger partial charge is 0.352 e. The molecule has 0 amide bonds. The van der Waals surface area contributed by atoms with Gasteiger partial charge in [-0.3, -0.25) is 5.43 Å². The highest BCUT2D eigenvalue weighted by molar-refractivity contribution is 6.36. The van der Waals surface area contributed by atoms with Crippen LogP contribution in [0.1, 0.15) is 5.56 Å². The van der Waals surface area contributed by atoms with Crippen molar-refractivity contribution >= 4 is 17.4 Å². The number of halogens is 1. The Balaban J connectivity index is 2.10. The number of nitrogens with one attached hydrogen (secondary N) is 1. The fourth-order valence-electron chi connectivity index (χ4n) is 1.61. The number of carboxylic acids is 1. The molecule has 102 valence electrons. The van der Waals surface area contributed by atoms with Crippen LogP contribution in [0.3, 0.4) is 0 Å². The second-order valence-electron chi connectivity index (χ2n) is 4.14. The molecule has 0 bridgehead atoms. The first-order valence-corrected chi connectivity index (χ1v) is 6.00. The third kappa shape index (κ3) is 3.91. The molecular formula is C15H13FN2O2. The fraction of sp³-hybridized carbons (Fsp3) is 0.0667. The van der Waals surface area contributed by atoms with Crippen LogP contribution in [0, 0.1) is 5.82 Å². The maximum atomic E-state index is 12.7. The zero-order valence-electron chi connectivity index (χ0n) is 10.6. The minimum Gasteiger partial charge on any atom is -0.477 e. The van der Waals surface area contributed by atoms with Gasteiger partial charge in [-0.2, -0.15) is 5.10 Å². The number of carbonyl (C=O) groups is 1. The minimum atomic E-state index is -1.09. The molecule has 0 atom stereocenters. The molecule has 0 aliphatic carbocycles. The zero-order valence-corrected chi connectivity index (χ0v) is 10.6. The maximum Gasteiger partial charge on any atom is 0.352 e. The number of carboxylic acid groups (broad SMARTS) is 1. The molecular weight excluding hydrogens is 259 g/mol. The van der Waals surface area contributed by atoms with Gasteiger partial charge in [0.05, 0.1) is 5.69 Å². The van der Waals surface area contributed by atoms with Gasteiger partial charge in [0.25, 0.3) is 0 Å². The average Bonchev–Trinajstić information content (AvgIpc) is 2.46. The normalized spacial score (nSPS) is 11.2. The van der Waals surface area contributed by atoms with Gasteiger partial charge < -0.3 is 5.11 Å². The molecule has 2 aromatic carbocycles. The van der Waals surface area contributed by atoms with E-state index in [-0.39, 0.29) is 17.9 Å². The summed E-state index contributed by atoms with van der Waals surface area (Å²) in [6.07, 6.45) is 0.213. The van der Waals surface area contributed by atoms with Crippen molar-refractivity contribution in [1.82, 2.24) is 0 Å². The highest BCUT2D eigenvalue weighted by Crippen LogP contribution is 2.09. The van der Waals surface area contributed by atoms with Gasteiger partial charge in [-0.25, -0.2) is 9.18 Å². The van der Waals surface area contributed by atoms with Crippen molar-refractivity contribution in [1.29, 1.82) is 0 Å². The number of nitrogens with zero attached hydrogens (tertiary/aromatic N) is 1. The van der Waals surface area contributed by atoms with Crippen molar-refractivity contribution in [2.75, 3.05) is 5.43 Å². The van der Waals surface area contributed by atoms with E-state index in [1.807, 2.05) is 30.3 Å². The van der Waals surface area contributed by atoms with Crippen LogP contribution in [-0.4, -0.2) is 16.8 Å². The van der Waals surface area contributed by atoms with Crippen molar-refractivity contribution in [2.45, 2.75) is 6.42 Å². The minimum absolute atomic E-state index is 0.0134. The van der Waals surface area contributed by atoms with Gasteiger partial charge in [0.1, 0.15) is 11.5 Å². The summed E-state index contributed by atoms with van der Waals surface area (Å²) in [5.41, 5.74) is 3.98. The molecule has 4 nitrogen and oxygen atoms in total. The number of benzene rings is 2. The molecule has 2 aromatic rings. The molecule has 0 aliphatic rings. The lowest BCUT2D eigenvalue weighted by atomic mass is 10.1. The van der Waals surface area contributed by atoms with Gasteiger partial charge in [-0.05, 0) is 29.8 Å². The van der Waals surface area contributed by atoms with E-state index in [1.54, 1.807) is 0 Å². The van der Waals surface area contributed by atoms with Gasteiger partial charge >= 0.3 is 5.97 Å². The Labute approximate surface area is 115 Å². The van der Waals surface area contributed by atoms with E-state index < -0.39 is 5.97 Å². The van der Waals surface area contributed by atoms with Gasteiger partial charge in [0.2, 0.25) is 0 Å². The Morgan fingerprint density at radius 2 is 1.75 bits per heavy atom. The molecule has 0 unspecified atom stereocenters. The van der Waals surface area contributed by atoms with E-state index in [1.165, 1.54) is 24.3 Å². The molecule has 0 fully saturated rings. The highest BCUT2D eigenvalue weighted by Gasteiger charge is 2.10. The summed E-state index contributed by atoms with van der Waals surface area (Å²) < 4.78 is 12.7. The van der Waals surface area contributed by atoms with E-state index in [2.05, 4.69) is 10.5 Å². The van der Waals surface area contributed by atoms with Crippen LogP contribution in [0.5, 0.6) is 0 Å². The van der Waals surface area contributed by atoms with Crippen molar-refractivity contribution < 1.29 is 14.3 Å². The lowest BCUT2D eigenvalue weighted by Crippen LogP contribution is -2.17. The van der Waals surface area contributed by atoms with Crippen LogP contribution in [0.25, 0.3) is 0 Å². The van der Waals surface area contributed by atoms with Gasteiger partial charge in [-0.1, -0.05) is 30.3 Å². The summed E-state index contributed by atoms with van der Waals surface area (Å²) in [6.45, 7) is 0. The Morgan fingerprint density at radius 1 is 1.10 bits per heavy atom. The van der Waals surface area contributed by atoms with Crippen molar-refractivity contribution in [3.05, 3.63) is 66.0 Å². The van der Waals surface area contributed by atoms with Gasteiger partial charge in [-0.15, -0.1) is 0 Å². The lowest BCUT2D eigenvalue weighted by molar-refractivity contribution is -0.129. The summed E-state index contributed by atoms with van der Waals surface area (Å²) in [6, 6.07) is 14.7. The average molecular weight is 272 g/mol. The fourth-order valence-corrected chi connectivity index (χ4v) is 1.61. The van der Waals surface area contributed by atoms with Crippen LogP contribution in [0.4, 0.5) is 10.1 Å². The molecule has 0 saturated heterocycles. The van der Waals surface area contributed by atoms with E-state index >= 15 is 0 Å². The topological polar surface area (TPSA) is 61.7 Å². The molecule has 0 radical (unpaired) electrons. The predicted octanol–water partition coefficient (Wildman–Crippen LogP) is 2.92. The third-order valence-electron chi connectivity index (χ3n) is 2.63. The zero-order chi connectivity index (χ0) is 14.4. The molecule has 2 rings (SSSR count). The number of anilines is 1. The number of hydrazone groups is 1. The molecule has 0 spiro atoms. The first-order valence-electron chi connectivity index (χ1n) is 6.00. The monoisotopic (exact) mass is 272 g/mol. The largest absolute Gasteiger partial charge is 0.477 e. The second-order valence-corrected chi connectivity index (χ2v) is 4.14. The highest BCUT2D eigenvalue weighted by atomic mass is 19.1. The van der Waals surface area contributed by atoms with Gasteiger partial charge in [0, 0.05) is 6.42 Å². The number of rotatable bonds is 5. The summed E-state index contributed by atoms with van der Waals surface area (Å²) in [7, 11) is 0. The van der Waals surface area contributed by atoms with Crippen LogP contribution in [0.15, 0.2) is 59.7 Å². The molecule has 20 heavy (non-hydrogen) atoms. The number of hydrogen-bond acceptors (Lipinski definition) is 3. The molecule has 5 heteroatoms. The lowest BCUT2D eigenvalue weighted by Gasteiger charge is -2.04. The second kappa shape index (κ2) is 6.47. The van der Waals surface area contributed by atoms with Crippen LogP contribution >= 0.6 is 0 Å². The summed E-state index contributed by atoms with van der Waals surface area (Å²) >= 11 is 0. The predicted molar refractivity (Wildman–Crippen MR) is 75.2 cm³/mol. The van der Waals surface area contributed by atoms with Crippen molar-refractivity contribution in [3.8, 4) is 0 Å². The van der Waals surface area contributed by atoms with Crippen LogP contribution in [-0.2, 0) is 11.2 Å². The summed E-state index contributed by atoms with van der Waals surface area (Å²) in [5.74, 6) is -1.45. The van der Waals surface area contributed by atoms with E-state index in [0.717, 1.165) is 5.56 Å². The van der Waals surface area contributed by atoms with E-state index in [4.69, 9.17) is 5.11 Å². The Bertz CT molecular complexity index is 610. The quantitative estimate of drug-likeness (QED) is 0.650. The van der Waals surface area contributed by atoms with Crippen molar-refractivity contribution in [3.63, 3.8) is 0 Å². The molecule has 0 aliphatic heterocycles. The summed E-state index contributed by atoms with van der Waals surface area (Å²) in [4.78, 5) is 11.1. The van der Waals surface area contributed by atoms with Crippen LogP contribution in [0.2, 0.25) is 0 Å². The van der Waals surface area contributed by atoms with E-state index in [0.29, 0.717) is 5.69 Å².